The molecule has 2 saturated carbocycles. The minimum absolute atomic E-state index is 0.791. The van der Waals surface area contributed by atoms with Crippen molar-refractivity contribution in [3.63, 3.8) is 0 Å². The topological polar surface area (TPSA) is 12.0 Å². The normalized spacial score (nSPS) is 43.7. The molecule has 1 nitrogen and oxygen atoms in total. The Hall–Kier alpha value is -0.0400. The fraction of sp³-hybridized carbons (Fsp3) is 1.00. The van der Waals surface area contributed by atoms with Crippen LogP contribution in [0.5, 0.6) is 0 Å². The van der Waals surface area contributed by atoms with Crippen LogP contribution in [0.25, 0.3) is 0 Å². The van der Waals surface area contributed by atoms with E-state index < -0.39 is 0 Å². The highest BCUT2D eigenvalue weighted by Gasteiger charge is 2.69. The SMILES string of the molecule is CCC(NC)C1CC2(C(C)CC)CC12. The molecule has 0 aromatic heterocycles. The Morgan fingerprint density at radius 1 is 1.29 bits per heavy atom. The summed E-state index contributed by atoms with van der Waals surface area (Å²) >= 11 is 0. The lowest BCUT2D eigenvalue weighted by Crippen LogP contribution is -2.44. The lowest BCUT2D eigenvalue weighted by atomic mass is 9.65. The molecule has 0 aromatic carbocycles. The maximum atomic E-state index is 3.48. The standard InChI is InChI=1S/C13H25N/c1-5-9(3)13-7-10(11(13)8-13)12(6-2)14-4/h9-12,14H,5-8H2,1-4H3. The minimum Gasteiger partial charge on any atom is -0.317 e. The summed E-state index contributed by atoms with van der Waals surface area (Å²) in [6, 6.07) is 0.791. The molecule has 0 spiro atoms. The monoisotopic (exact) mass is 195 g/mol. The number of hydrogen-bond acceptors (Lipinski definition) is 1. The molecular weight excluding hydrogens is 170 g/mol. The fourth-order valence-electron chi connectivity index (χ4n) is 3.90. The van der Waals surface area contributed by atoms with Crippen LogP contribution in [0.3, 0.4) is 0 Å². The van der Waals surface area contributed by atoms with E-state index in [1.54, 1.807) is 0 Å². The molecule has 5 atom stereocenters. The molecule has 2 fully saturated rings. The van der Waals surface area contributed by atoms with Gasteiger partial charge in [-0.05, 0) is 49.5 Å². The Morgan fingerprint density at radius 2 is 2.00 bits per heavy atom. The zero-order valence-corrected chi connectivity index (χ0v) is 10.1. The van der Waals surface area contributed by atoms with Gasteiger partial charge in [-0.3, -0.25) is 0 Å². The van der Waals surface area contributed by atoms with Crippen LogP contribution in [-0.2, 0) is 0 Å². The van der Waals surface area contributed by atoms with E-state index in [1.807, 2.05) is 0 Å². The second kappa shape index (κ2) is 3.52. The van der Waals surface area contributed by atoms with Crippen LogP contribution in [-0.4, -0.2) is 13.1 Å². The summed E-state index contributed by atoms with van der Waals surface area (Å²) < 4.78 is 0. The smallest absolute Gasteiger partial charge is 0.00927 e. The Morgan fingerprint density at radius 3 is 2.43 bits per heavy atom. The van der Waals surface area contributed by atoms with Gasteiger partial charge in [-0.25, -0.2) is 0 Å². The first kappa shape index (κ1) is 10.5. The van der Waals surface area contributed by atoms with Crippen molar-refractivity contribution in [2.45, 2.75) is 52.5 Å². The molecule has 0 aromatic rings. The van der Waals surface area contributed by atoms with Gasteiger partial charge in [0, 0.05) is 6.04 Å². The van der Waals surface area contributed by atoms with Gasteiger partial charge in [0.05, 0.1) is 0 Å². The molecule has 2 rings (SSSR count). The van der Waals surface area contributed by atoms with Gasteiger partial charge in [-0.15, -0.1) is 0 Å². The molecule has 14 heavy (non-hydrogen) atoms. The van der Waals surface area contributed by atoms with Crippen molar-refractivity contribution in [3.8, 4) is 0 Å². The summed E-state index contributed by atoms with van der Waals surface area (Å²) in [6.07, 6.45) is 5.71. The predicted molar refractivity (Wildman–Crippen MR) is 61.2 cm³/mol. The lowest BCUT2D eigenvalue weighted by molar-refractivity contribution is 0.0832. The third-order valence-electron chi connectivity index (χ3n) is 5.23. The maximum Gasteiger partial charge on any atom is 0.00927 e. The molecule has 0 heterocycles. The Kier molecular flexibility index (Phi) is 2.63. The average molecular weight is 195 g/mol. The van der Waals surface area contributed by atoms with Crippen molar-refractivity contribution >= 4 is 0 Å². The molecule has 2 aliphatic rings. The van der Waals surface area contributed by atoms with Gasteiger partial charge < -0.3 is 5.32 Å². The summed E-state index contributed by atoms with van der Waals surface area (Å²) in [5, 5.41) is 3.48. The van der Waals surface area contributed by atoms with E-state index in [4.69, 9.17) is 0 Å². The summed E-state index contributed by atoms with van der Waals surface area (Å²) in [5.74, 6) is 3.05. The van der Waals surface area contributed by atoms with Crippen molar-refractivity contribution in [3.05, 3.63) is 0 Å². The van der Waals surface area contributed by atoms with Gasteiger partial charge in [0.2, 0.25) is 0 Å². The summed E-state index contributed by atoms with van der Waals surface area (Å²) in [5.41, 5.74) is 0.809. The highest BCUT2D eigenvalue weighted by Crippen LogP contribution is 2.75. The van der Waals surface area contributed by atoms with Gasteiger partial charge in [-0.2, -0.15) is 0 Å². The van der Waals surface area contributed by atoms with Gasteiger partial charge in [-0.1, -0.05) is 27.2 Å². The molecule has 1 heteroatoms. The van der Waals surface area contributed by atoms with E-state index in [-0.39, 0.29) is 0 Å². The third kappa shape index (κ3) is 1.25. The van der Waals surface area contributed by atoms with Gasteiger partial charge >= 0.3 is 0 Å². The van der Waals surface area contributed by atoms with Gasteiger partial charge in [0.1, 0.15) is 0 Å². The molecular formula is C13H25N. The highest BCUT2D eigenvalue weighted by atomic mass is 14.9. The number of fused-ring (bicyclic) bond motifs is 1. The molecule has 0 bridgehead atoms. The van der Waals surface area contributed by atoms with Crippen LogP contribution in [0.1, 0.15) is 46.5 Å². The molecule has 0 amide bonds. The average Bonchev–Trinajstić information content (AvgIpc) is 2.79. The quantitative estimate of drug-likeness (QED) is 0.711. The summed E-state index contributed by atoms with van der Waals surface area (Å²) in [6.45, 7) is 7.11. The van der Waals surface area contributed by atoms with E-state index in [9.17, 15) is 0 Å². The highest BCUT2D eigenvalue weighted by molar-refractivity contribution is 5.18. The van der Waals surface area contributed by atoms with E-state index in [1.165, 1.54) is 25.7 Å². The Labute approximate surface area is 88.7 Å². The first-order valence-electron chi connectivity index (χ1n) is 6.36. The maximum absolute atomic E-state index is 3.48. The van der Waals surface area contributed by atoms with Crippen molar-refractivity contribution in [2.24, 2.45) is 23.2 Å². The predicted octanol–water partition coefficient (Wildman–Crippen LogP) is 3.06. The molecule has 0 radical (unpaired) electrons. The van der Waals surface area contributed by atoms with Crippen molar-refractivity contribution in [1.82, 2.24) is 5.32 Å². The lowest BCUT2D eigenvalue weighted by Gasteiger charge is -2.42. The largest absolute Gasteiger partial charge is 0.317 e. The van der Waals surface area contributed by atoms with E-state index in [0.29, 0.717) is 0 Å². The van der Waals surface area contributed by atoms with Crippen LogP contribution in [0.4, 0.5) is 0 Å². The second-order valence-corrected chi connectivity index (χ2v) is 5.52. The first-order chi connectivity index (χ1) is 6.69. The van der Waals surface area contributed by atoms with Crippen molar-refractivity contribution in [1.29, 1.82) is 0 Å². The van der Waals surface area contributed by atoms with Crippen LogP contribution in [0, 0.1) is 23.2 Å². The minimum atomic E-state index is 0.791. The van der Waals surface area contributed by atoms with E-state index >= 15 is 0 Å². The van der Waals surface area contributed by atoms with E-state index in [2.05, 4.69) is 33.1 Å². The molecule has 0 aliphatic heterocycles. The number of hydrogen-bond donors (Lipinski definition) is 1. The molecule has 1 N–H and O–H groups in total. The van der Waals surface area contributed by atoms with Crippen LogP contribution >= 0.6 is 0 Å². The Bertz CT molecular complexity index is 209. The zero-order chi connectivity index (χ0) is 10.3. The number of rotatable bonds is 5. The van der Waals surface area contributed by atoms with Gasteiger partial charge in [0.25, 0.3) is 0 Å². The molecule has 5 unspecified atom stereocenters. The summed E-state index contributed by atoms with van der Waals surface area (Å²) in [4.78, 5) is 0. The molecule has 0 saturated heterocycles. The summed E-state index contributed by atoms with van der Waals surface area (Å²) in [7, 11) is 2.12. The second-order valence-electron chi connectivity index (χ2n) is 5.52. The molecule has 82 valence electrons. The van der Waals surface area contributed by atoms with Crippen LogP contribution < -0.4 is 5.32 Å². The first-order valence-corrected chi connectivity index (χ1v) is 6.36. The molecule has 2 aliphatic carbocycles. The van der Waals surface area contributed by atoms with E-state index in [0.717, 1.165) is 29.2 Å². The van der Waals surface area contributed by atoms with Crippen LogP contribution in [0.2, 0.25) is 0 Å². The Balaban J connectivity index is 1.89. The van der Waals surface area contributed by atoms with Crippen molar-refractivity contribution in [2.75, 3.05) is 7.05 Å². The number of nitrogens with one attached hydrogen (secondary N) is 1. The third-order valence-corrected chi connectivity index (χ3v) is 5.23. The van der Waals surface area contributed by atoms with Crippen molar-refractivity contribution < 1.29 is 0 Å². The van der Waals surface area contributed by atoms with Crippen LogP contribution in [0.15, 0.2) is 0 Å². The van der Waals surface area contributed by atoms with Gasteiger partial charge in [0.15, 0.2) is 0 Å². The fourth-order valence-corrected chi connectivity index (χ4v) is 3.90. The zero-order valence-electron chi connectivity index (χ0n) is 10.1.